The second-order valence-corrected chi connectivity index (χ2v) is 4.42. The predicted octanol–water partition coefficient (Wildman–Crippen LogP) is 1.61. The summed E-state index contributed by atoms with van der Waals surface area (Å²) in [5.74, 6) is -2.19. The van der Waals surface area contributed by atoms with Crippen molar-refractivity contribution >= 4 is 17.9 Å². The van der Waals surface area contributed by atoms with E-state index in [-0.39, 0.29) is 11.6 Å². The standard InChI is InChI=1S/C14H17FN2O4/c1-3-9(2)16-14(20)17-12(18)8-21-13(19)10-5-4-6-11(15)7-10/h4-7,9H,3,8H2,1-2H3,(H2,16,17,18,20)/t9-/m0/s1. The summed E-state index contributed by atoms with van der Waals surface area (Å²) in [5, 5.41) is 4.55. The van der Waals surface area contributed by atoms with E-state index in [0.29, 0.717) is 0 Å². The molecule has 1 aromatic carbocycles. The van der Waals surface area contributed by atoms with Crippen molar-refractivity contribution in [2.24, 2.45) is 0 Å². The van der Waals surface area contributed by atoms with E-state index < -0.39 is 30.3 Å². The number of rotatable bonds is 5. The van der Waals surface area contributed by atoms with Crippen LogP contribution in [-0.2, 0) is 9.53 Å². The summed E-state index contributed by atoms with van der Waals surface area (Å²) in [6.07, 6.45) is 0.718. The maximum absolute atomic E-state index is 12.9. The van der Waals surface area contributed by atoms with Gasteiger partial charge >= 0.3 is 12.0 Å². The van der Waals surface area contributed by atoms with Gasteiger partial charge in [0.25, 0.3) is 5.91 Å². The third-order valence-electron chi connectivity index (χ3n) is 2.64. The van der Waals surface area contributed by atoms with Crippen molar-refractivity contribution in [3.8, 4) is 0 Å². The van der Waals surface area contributed by atoms with Gasteiger partial charge in [-0.3, -0.25) is 10.1 Å². The molecule has 0 aliphatic carbocycles. The molecule has 0 aliphatic rings. The van der Waals surface area contributed by atoms with E-state index in [0.717, 1.165) is 12.5 Å². The van der Waals surface area contributed by atoms with Crippen molar-refractivity contribution < 1.29 is 23.5 Å². The van der Waals surface area contributed by atoms with Crippen LogP contribution in [0.2, 0.25) is 0 Å². The van der Waals surface area contributed by atoms with Crippen LogP contribution in [0.1, 0.15) is 30.6 Å². The van der Waals surface area contributed by atoms with Crippen molar-refractivity contribution in [2.75, 3.05) is 6.61 Å². The molecule has 1 rings (SSSR count). The molecule has 0 aliphatic heterocycles. The monoisotopic (exact) mass is 296 g/mol. The molecule has 0 saturated carbocycles. The van der Waals surface area contributed by atoms with Gasteiger partial charge in [0.1, 0.15) is 5.82 Å². The molecule has 0 radical (unpaired) electrons. The fraction of sp³-hybridized carbons (Fsp3) is 0.357. The van der Waals surface area contributed by atoms with Crippen molar-refractivity contribution in [3.05, 3.63) is 35.6 Å². The van der Waals surface area contributed by atoms with Crippen LogP contribution in [0, 0.1) is 5.82 Å². The molecule has 114 valence electrons. The highest BCUT2D eigenvalue weighted by Gasteiger charge is 2.13. The number of hydrogen-bond donors (Lipinski definition) is 2. The number of nitrogens with one attached hydrogen (secondary N) is 2. The summed E-state index contributed by atoms with van der Waals surface area (Å²) in [6, 6.07) is 4.16. The second kappa shape index (κ2) is 7.98. The molecule has 21 heavy (non-hydrogen) atoms. The summed E-state index contributed by atoms with van der Waals surface area (Å²) < 4.78 is 17.6. The maximum atomic E-state index is 12.9. The summed E-state index contributed by atoms with van der Waals surface area (Å²) in [7, 11) is 0. The van der Waals surface area contributed by atoms with Gasteiger partial charge < -0.3 is 10.1 Å². The normalized spacial score (nSPS) is 11.4. The fourth-order valence-electron chi connectivity index (χ4n) is 1.35. The zero-order valence-corrected chi connectivity index (χ0v) is 11.8. The first-order valence-electron chi connectivity index (χ1n) is 6.45. The number of halogens is 1. The van der Waals surface area contributed by atoms with Crippen molar-refractivity contribution in [3.63, 3.8) is 0 Å². The molecule has 2 N–H and O–H groups in total. The number of carbonyl (C=O) groups excluding carboxylic acids is 3. The van der Waals surface area contributed by atoms with Crippen molar-refractivity contribution in [1.29, 1.82) is 0 Å². The van der Waals surface area contributed by atoms with E-state index in [4.69, 9.17) is 0 Å². The molecule has 0 fully saturated rings. The summed E-state index contributed by atoms with van der Waals surface area (Å²) in [6.45, 7) is 3.05. The molecule has 0 heterocycles. The number of urea groups is 1. The Hall–Kier alpha value is -2.44. The molecule has 0 bridgehead atoms. The predicted molar refractivity (Wildman–Crippen MR) is 73.1 cm³/mol. The average molecular weight is 296 g/mol. The Kier molecular flexibility index (Phi) is 6.32. The van der Waals surface area contributed by atoms with Gasteiger partial charge in [0.15, 0.2) is 6.61 Å². The minimum atomic E-state index is -0.841. The first kappa shape index (κ1) is 16.6. The first-order valence-corrected chi connectivity index (χ1v) is 6.45. The quantitative estimate of drug-likeness (QED) is 0.808. The zero-order valence-electron chi connectivity index (χ0n) is 11.8. The van der Waals surface area contributed by atoms with Gasteiger partial charge in [-0.05, 0) is 31.5 Å². The Morgan fingerprint density at radius 2 is 2.05 bits per heavy atom. The lowest BCUT2D eigenvalue weighted by atomic mass is 10.2. The number of amides is 3. The van der Waals surface area contributed by atoms with Gasteiger partial charge in [-0.2, -0.15) is 0 Å². The molecule has 0 unspecified atom stereocenters. The van der Waals surface area contributed by atoms with E-state index in [1.54, 1.807) is 6.92 Å². The summed E-state index contributed by atoms with van der Waals surface area (Å²) in [4.78, 5) is 34.3. The molecule has 1 atom stereocenters. The molecule has 6 nitrogen and oxygen atoms in total. The molecule has 0 saturated heterocycles. The smallest absolute Gasteiger partial charge is 0.338 e. The number of hydrogen-bond acceptors (Lipinski definition) is 4. The zero-order chi connectivity index (χ0) is 15.8. The second-order valence-electron chi connectivity index (χ2n) is 4.42. The molecular weight excluding hydrogens is 279 g/mol. The van der Waals surface area contributed by atoms with Crippen molar-refractivity contribution in [2.45, 2.75) is 26.3 Å². The number of ether oxygens (including phenoxy) is 1. The lowest BCUT2D eigenvalue weighted by Crippen LogP contribution is -2.44. The largest absolute Gasteiger partial charge is 0.452 e. The Morgan fingerprint density at radius 1 is 1.33 bits per heavy atom. The van der Waals surface area contributed by atoms with Crippen LogP contribution in [0.5, 0.6) is 0 Å². The van der Waals surface area contributed by atoms with E-state index in [2.05, 4.69) is 10.1 Å². The highest BCUT2D eigenvalue weighted by atomic mass is 19.1. The van der Waals surface area contributed by atoms with Gasteiger partial charge in [-0.1, -0.05) is 13.0 Å². The molecule has 3 amide bonds. The average Bonchev–Trinajstić information content (AvgIpc) is 2.44. The number of esters is 1. The highest BCUT2D eigenvalue weighted by Crippen LogP contribution is 2.04. The van der Waals surface area contributed by atoms with E-state index >= 15 is 0 Å². The van der Waals surface area contributed by atoms with Gasteiger partial charge in [-0.15, -0.1) is 0 Å². The minimum absolute atomic E-state index is 0.00754. The number of benzene rings is 1. The third kappa shape index (κ3) is 6.03. The highest BCUT2D eigenvalue weighted by molar-refractivity contribution is 5.97. The van der Waals surface area contributed by atoms with Gasteiger partial charge in [0.05, 0.1) is 5.56 Å². The summed E-state index contributed by atoms with van der Waals surface area (Å²) >= 11 is 0. The molecule has 0 spiro atoms. The minimum Gasteiger partial charge on any atom is -0.452 e. The van der Waals surface area contributed by atoms with Gasteiger partial charge in [-0.25, -0.2) is 14.0 Å². The van der Waals surface area contributed by atoms with Crippen molar-refractivity contribution in [1.82, 2.24) is 10.6 Å². The first-order chi connectivity index (χ1) is 9.92. The number of imide groups is 1. The van der Waals surface area contributed by atoms with Gasteiger partial charge in [0.2, 0.25) is 0 Å². The van der Waals surface area contributed by atoms with E-state index in [9.17, 15) is 18.8 Å². The number of carbonyl (C=O) groups is 3. The van der Waals surface area contributed by atoms with Crippen LogP contribution in [0.25, 0.3) is 0 Å². The molecule has 0 aromatic heterocycles. The van der Waals surface area contributed by atoms with Crippen LogP contribution >= 0.6 is 0 Å². The Balaban J connectivity index is 2.39. The third-order valence-corrected chi connectivity index (χ3v) is 2.64. The molecular formula is C14H17FN2O4. The van der Waals surface area contributed by atoms with Crippen LogP contribution in [0.15, 0.2) is 24.3 Å². The SMILES string of the molecule is CC[C@H](C)NC(=O)NC(=O)COC(=O)c1cccc(F)c1. The topological polar surface area (TPSA) is 84.5 Å². The van der Waals surface area contributed by atoms with Crippen LogP contribution in [0.3, 0.4) is 0 Å². The van der Waals surface area contributed by atoms with E-state index in [1.165, 1.54) is 18.2 Å². The van der Waals surface area contributed by atoms with Crippen LogP contribution < -0.4 is 10.6 Å². The van der Waals surface area contributed by atoms with Crippen LogP contribution in [-0.4, -0.2) is 30.6 Å². The van der Waals surface area contributed by atoms with E-state index in [1.807, 2.05) is 12.2 Å². The Labute approximate surface area is 121 Å². The Bertz CT molecular complexity index is 533. The van der Waals surface area contributed by atoms with Gasteiger partial charge in [0, 0.05) is 6.04 Å². The fourth-order valence-corrected chi connectivity index (χ4v) is 1.35. The molecule has 7 heteroatoms. The summed E-state index contributed by atoms with van der Waals surface area (Å²) in [5.41, 5.74) is -0.00754. The molecule has 1 aromatic rings. The van der Waals surface area contributed by atoms with Crippen LogP contribution in [0.4, 0.5) is 9.18 Å². The Morgan fingerprint density at radius 3 is 2.67 bits per heavy atom. The lowest BCUT2D eigenvalue weighted by molar-refractivity contribution is -0.123. The maximum Gasteiger partial charge on any atom is 0.338 e. The lowest BCUT2D eigenvalue weighted by Gasteiger charge is -2.11.